The zero-order chi connectivity index (χ0) is 12.4. The molecular formula is C15H23NS2. The highest BCUT2D eigenvalue weighted by atomic mass is 32.2. The first-order valence-corrected chi connectivity index (χ1v) is 9.06. The van der Waals surface area contributed by atoms with Gasteiger partial charge in [0, 0.05) is 11.3 Å². The summed E-state index contributed by atoms with van der Waals surface area (Å²) in [5.41, 5.74) is 1.56. The summed E-state index contributed by atoms with van der Waals surface area (Å²) >= 11 is 3.97. The van der Waals surface area contributed by atoms with E-state index in [9.17, 15) is 0 Å². The van der Waals surface area contributed by atoms with Gasteiger partial charge in [0.2, 0.25) is 0 Å². The van der Waals surface area contributed by atoms with Gasteiger partial charge in [-0.05, 0) is 42.3 Å². The van der Waals surface area contributed by atoms with Crippen LogP contribution in [-0.4, -0.2) is 11.8 Å². The van der Waals surface area contributed by atoms with Crippen molar-refractivity contribution in [3.05, 3.63) is 17.0 Å². The Morgan fingerprint density at radius 1 is 1.33 bits per heavy atom. The fourth-order valence-electron chi connectivity index (χ4n) is 3.30. The van der Waals surface area contributed by atoms with E-state index in [1.165, 1.54) is 45.1 Å². The summed E-state index contributed by atoms with van der Waals surface area (Å²) in [5, 5.41) is 6.83. The summed E-state index contributed by atoms with van der Waals surface area (Å²) < 4.78 is 1.55. The maximum absolute atomic E-state index is 3.81. The van der Waals surface area contributed by atoms with Crippen molar-refractivity contribution < 1.29 is 0 Å². The normalized spacial score (nSPS) is 28.5. The summed E-state index contributed by atoms with van der Waals surface area (Å²) in [4.78, 5) is 0. The van der Waals surface area contributed by atoms with Gasteiger partial charge in [-0.2, -0.15) is 0 Å². The van der Waals surface area contributed by atoms with E-state index in [1.807, 2.05) is 11.3 Å². The minimum absolute atomic E-state index is 0.615. The Balaban J connectivity index is 1.53. The van der Waals surface area contributed by atoms with Crippen molar-refractivity contribution in [2.75, 3.05) is 6.54 Å². The van der Waals surface area contributed by atoms with Crippen molar-refractivity contribution in [1.29, 1.82) is 0 Å². The molecule has 2 aliphatic rings. The highest BCUT2D eigenvalue weighted by molar-refractivity contribution is 8.01. The van der Waals surface area contributed by atoms with E-state index in [4.69, 9.17) is 0 Å². The average molecular weight is 281 g/mol. The zero-order valence-electron chi connectivity index (χ0n) is 11.2. The van der Waals surface area contributed by atoms with Crippen LogP contribution >= 0.6 is 23.1 Å². The van der Waals surface area contributed by atoms with Crippen molar-refractivity contribution in [3.63, 3.8) is 0 Å². The van der Waals surface area contributed by atoms with Crippen LogP contribution < -0.4 is 5.32 Å². The molecule has 1 aliphatic carbocycles. The molecule has 0 amide bonds. The third-order valence-electron chi connectivity index (χ3n) is 4.33. The molecule has 1 aromatic heterocycles. The van der Waals surface area contributed by atoms with Crippen LogP contribution in [0.2, 0.25) is 0 Å². The molecule has 1 N–H and O–H groups in total. The number of thiophene rings is 1. The molecule has 0 spiro atoms. The van der Waals surface area contributed by atoms with E-state index in [0.717, 1.165) is 11.2 Å². The minimum Gasteiger partial charge on any atom is -0.310 e. The van der Waals surface area contributed by atoms with Gasteiger partial charge in [-0.15, -0.1) is 23.1 Å². The molecule has 0 aromatic carbocycles. The standard InChI is InChI=1S/C15H23NS2/c1-11-10-14(13-7-9-17-15(13)18-11)16-8-6-12-4-2-3-5-12/h7,9,11-12,14,16H,2-6,8,10H2,1H3/t11-,14?/m0/s1. The number of thioether (sulfide) groups is 1. The second-order valence-corrected chi connectivity index (χ2v) is 8.40. The molecule has 3 rings (SSSR count). The molecule has 0 bridgehead atoms. The molecule has 100 valence electrons. The lowest BCUT2D eigenvalue weighted by Gasteiger charge is -2.28. The van der Waals surface area contributed by atoms with E-state index in [1.54, 1.807) is 9.77 Å². The Labute approximate surface area is 119 Å². The summed E-state index contributed by atoms with van der Waals surface area (Å²) in [7, 11) is 0. The van der Waals surface area contributed by atoms with Crippen LogP contribution in [0, 0.1) is 5.92 Å². The van der Waals surface area contributed by atoms with Gasteiger partial charge in [-0.25, -0.2) is 0 Å². The molecule has 1 saturated carbocycles. The van der Waals surface area contributed by atoms with Crippen molar-refractivity contribution >= 4 is 23.1 Å². The van der Waals surface area contributed by atoms with E-state index < -0.39 is 0 Å². The number of hydrogen-bond donors (Lipinski definition) is 1. The highest BCUT2D eigenvalue weighted by Crippen LogP contribution is 2.43. The number of rotatable bonds is 4. The highest BCUT2D eigenvalue weighted by Gasteiger charge is 2.26. The lowest BCUT2D eigenvalue weighted by atomic mass is 10.0. The molecule has 1 unspecified atom stereocenters. The van der Waals surface area contributed by atoms with Crippen LogP contribution in [0.4, 0.5) is 0 Å². The second-order valence-electron chi connectivity index (χ2n) is 5.77. The van der Waals surface area contributed by atoms with Crippen LogP contribution in [-0.2, 0) is 0 Å². The summed E-state index contributed by atoms with van der Waals surface area (Å²) in [6.45, 7) is 3.57. The van der Waals surface area contributed by atoms with E-state index in [2.05, 4.69) is 35.4 Å². The van der Waals surface area contributed by atoms with Gasteiger partial charge < -0.3 is 5.32 Å². The Hall–Kier alpha value is 0.01000. The molecule has 1 aliphatic heterocycles. The fraction of sp³-hybridized carbons (Fsp3) is 0.733. The summed E-state index contributed by atoms with van der Waals surface area (Å²) in [6.07, 6.45) is 8.56. The van der Waals surface area contributed by atoms with Gasteiger partial charge in [0.25, 0.3) is 0 Å². The predicted octanol–water partition coefficient (Wildman–Crippen LogP) is 4.84. The van der Waals surface area contributed by atoms with Gasteiger partial charge >= 0.3 is 0 Å². The largest absolute Gasteiger partial charge is 0.310 e. The van der Waals surface area contributed by atoms with Crippen LogP contribution in [0.5, 0.6) is 0 Å². The zero-order valence-corrected chi connectivity index (χ0v) is 12.8. The van der Waals surface area contributed by atoms with Gasteiger partial charge in [0.1, 0.15) is 0 Å². The first-order valence-electron chi connectivity index (χ1n) is 7.30. The van der Waals surface area contributed by atoms with Crippen LogP contribution in [0.3, 0.4) is 0 Å². The Kier molecular flexibility index (Phi) is 4.32. The van der Waals surface area contributed by atoms with E-state index >= 15 is 0 Å². The van der Waals surface area contributed by atoms with Crippen molar-refractivity contribution in [2.45, 2.75) is 60.9 Å². The molecule has 0 saturated heterocycles. The van der Waals surface area contributed by atoms with Crippen LogP contribution in [0.1, 0.15) is 57.1 Å². The number of fused-ring (bicyclic) bond motifs is 1. The first-order chi connectivity index (χ1) is 8.83. The quantitative estimate of drug-likeness (QED) is 0.847. The maximum Gasteiger partial charge on any atom is 0.0649 e. The van der Waals surface area contributed by atoms with Gasteiger partial charge in [0.05, 0.1) is 4.21 Å². The average Bonchev–Trinajstić information content (AvgIpc) is 2.98. The third kappa shape index (κ3) is 2.94. The Bertz CT molecular complexity index is 382. The Morgan fingerprint density at radius 3 is 3.00 bits per heavy atom. The van der Waals surface area contributed by atoms with Crippen molar-refractivity contribution in [2.24, 2.45) is 5.92 Å². The lowest BCUT2D eigenvalue weighted by molar-refractivity contribution is 0.427. The van der Waals surface area contributed by atoms with Crippen LogP contribution in [0.15, 0.2) is 15.7 Å². The molecule has 1 nitrogen and oxygen atoms in total. The molecule has 3 heteroatoms. The molecule has 2 heterocycles. The number of nitrogens with one attached hydrogen (secondary N) is 1. The number of hydrogen-bond acceptors (Lipinski definition) is 3. The van der Waals surface area contributed by atoms with E-state index in [0.29, 0.717) is 6.04 Å². The molecule has 2 atom stereocenters. The second kappa shape index (κ2) is 5.98. The molecule has 18 heavy (non-hydrogen) atoms. The monoisotopic (exact) mass is 281 g/mol. The molecule has 0 radical (unpaired) electrons. The van der Waals surface area contributed by atoms with Crippen LogP contribution in [0.25, 0.3) is 0 Å². The molecule has 1 aromatic rings. The maximum atomic E-state index is 3.81. The van der Waals surface area contributed by atoms with Gasteiger partial charge in [0.15, 0.2) is 0 Å². The van der Waals surface area contributed by atoms with E-state index in [-0.39, 0.29) is 0 Å². The topological polar surface area (TPSA) is 12.0 Å². The molecule has 1 fully saturated rings. The minimum atomic E-state index is 0.615. The predicted molar refractivity (Wildman–Crippen MR) is 81.6 cm³/mol. The van der Waals surface area contributed by atoms with Crippen molar-refractivity contribution in [1.82, 2.24) is 5.32 Å². The smallest absolute Gasteiger partial charge is 0.0649 e. The summed E-state index contributed by atoms with van der Waals surface area (Å²) in [6, 6.07) is 2.94. The summed E-state index contributed by atoms with van der Waals surface area (Å²) in [5.74, 6) is 1.01. The third-order valence-corrected chi connectivity index (χ3v) is 6.67. The molecular weight excluding hydrogens is 258 g/mol. The van der Waals surface area contributed by atoms with Crippen molar-refractivity contribution in [3.8, 4) is 0 Å². The van der Waals surface area contributed by atoms with Gasteiger partial charge in [-0.1, -0.05) is 32.6 Å². The lowest BCUT2D eigenvalue weighted by Crippen LogP contribution is -2.28. The Morgan fingerprint density at radius 2 is 2.17 bits per heavy atom. The first kappa shape index (κ1) is 13.0. The SMILES string of the molecule is C[C@H]1CC(NCCC2CCCC2)c2ccsc2S1. The fourth-order valence-corrected chi connectivity index (χ4v) is 5.87. The van der Waals surface area contributed by atoms with Gasteiger partial charge in [-0.3, -0.25) is 0 Å².